The van der Waals surface area contributed by atoms with Crippen LogP contribution in [0.15, 0.2) is 65.7 Å². The molecule has 10 atom stereocenters. The van der Waals surface area contributed by atoms with Gasteiger partial charge in [0, 0.05) is 25.2 Å². The van der Waals surface area contributed by atoms with Crippen LogP contribution < -0.4 is 10.1 Å². The molecule has 15 nitrogen and oxygen atoms in total. The Bertz CT molecular complexity index is 2100. The summed E-state index contributed by atoms with van der Waals surface area (Å²) in [6.07, 6.45) is -10.9. The molecule has 17 heteroatoms. The lowest BCUT2D eigenvalue weighted by Gasteiger charge is -2.67. The monoisotopic (exact) mass is 857 g/mol. The number of fused-ring (bicyclic) bond motifs is 5. The van der Waals surface area contributed by atoms with Gasteiger partial charge in [-0.3, -0.25) is 9.59 Å². The highest BCUT2D eigenvalue weighted by Crippen LogP contribution is 2.64. The summed E-state index contributed by atoms with van der Waals surface area (Å²) in [5.41, 5.74) is -9.95. The number of nitrogens with one attached hydrogen (secondary N) is 1. The van der Waals surface area contributed by atoms with Gasteiger partial charge in [-0.2, -0.15) is 8.78 Å². The average molecular weight is 858 g/mol. The molecule has 332 valence electrons. The number of amides is 1. The predicted molar refractivity (Wildman–Crippen MR) is 209 cm³/mol. The van der Waals surface area contributed by atoms with Crippen molar-refractivity contribution in [3.8, 4) is 5.75 Å². The highest BCUT2D eigenvalue weighted by Gasteiger charge is 2.78. The van der Waals surface area contributed by atoms with Crippen molar-refractivity contribution in [2.45, 2.75) is 128 Å². The largest absolute Gasteiger partial charge is 0.497 e. The van der Waals surface area contributed by atoms with Crippen LogP contribution in [0.2, 0.25) is 0 Å². The molecule has 2 aromatic carbocycles. The molecule has 0 radical (unpaired) electrons. The van der Waals surface area contributed by atoms with Gasteiger partial charge in [0.15, 0.2) is 11.4 Å². The number of ether oxygens (including phenoxy) is 6. The Kier molecular flexibility index (Phi) is 11.8. The number of benzene rings is 2. The van der Waals surface area contributed by atoms with E-state index in [9.17, 15) is 39.3 Å². The Morgan fingerprint density at radius 2 is 1.59 bits per heavy atom. The Balaban J connectivity index is 1.50. The smallest absolute Gasteiger partial charge is 0.408 e. The number of hydrogen-bond donors (Lipinski definition) is 4. The second kappa shape index (κ2) is 15.7. The fourth-order valence-electron chi connectivity index (χ4n) is 9.70. The standard InChI is InChI=1S/C44H53F2NO14/c1-22-27(58-37(53)44(45,46)33(47-38(54)61-39(3,4)5)24-15-17-26(56-9)18-16-24)20-43(55)35(59-36(52)25-13-11-10-12-14-25)32-41(8,34(51)31(50)30(22)40(43,6)7)28(49)19-29-42(32,21-57-29)60-23(2)48/h10-18,27-29,31-33,35,49-50,55H,19-21H2,1-9H3,(H,47,54)/t27-,28-,29+,31+,32-,33+,35-,41+,42-,43+/m0/s1. The lowest BCUT2D eigenvalue weighted by molar-refractivity contribution is -0.346. The van der Waals surface area contributed by atoms with Crippen LogP contribution in [0.4, 0.5) is 13.6 Å². The minimum Gasteiger partial charge on any atom is -0.497 e. The van der Waals surface area contributed by atoms with Crippen molar-refractivity contribution in [3.63, 3.8) is 0 Å². The number of alkyl carbamates (subject to hydrolysis) is 1. The van der Waals surface area contributed by atoms with E-state index < -0.39 is 112 Å². The van der Waals surface area contributed by atoms with Crippen LogP contribution in [-0.4, -0.2) is 112 Å². The third-order valence-electron chi connectivity index (χ3n) is 12.9. The molecule has 1 saturated heterocycles. The number of carbonyl (C=O) groups is 5. The Labute approximate surface area is 351 Å². The molecule has 2 aromatic rings. The van der Waals surface area contributed by atoms with Crippen LogP contribution in [0.3, 0.4) is 0 Å². The van der Waals surface area contributed by atoms with Crippen molar-refractivity contribution in [1.82, 2.24) is 5.32 Å². The summed E-state index contributed by atoms with van der Waals surface area (Å²) in [5.74, 6) is -10.9. The third-order valence-corrected chi connectivity index (χ3v) is 12.9. The lowest BCUT2D eigenvalue weighted by atomic mass is 9.44. The van der Waals surface area contributed by atoms with E-state index in [0.29, 0.717) is 0 Å². The maximum absolute atomic E-state index is 16.8. The van der Waals surface area contributed by atoms with E-state index in [0.717, 1.165) is 6.92 Å². The zero-order chi connectivity index (χ0) is 45.2. The summed E-state index contributed by atoms with van der Waals surface area (Å²) >= 11 is 0. The molecule has 3 fully saturated rings. The molecule has 4 aliphatic rings. The molecule has 2 saturated carbocycles. The second-order valence-corrected chi connectivity index (χ2v) is 18.0. The first-order valence-corrected chi connectivity index (χ1v) is 19.9. The number of rotatable bonds is 9. The van der Waals surface area contributed by atoms with E-state index in [1.54, 1.807) is 18.2 Å². The van der Waals surface area contributed by atoms with E-state index in [-0.39, 0.29) is 41.1 Å². The quantitative estimate of drug-likeness (QED) is 0.155. The molecule has 6 rings (SSSR count). The molecule has 1 aliphatic heterocycles. The molecule has 2 bridgehead atoms. The Morgan fingerprint density at radius 3 is 2.13 bits per heavy atom. The summed E-state index contributed by atoms with van der Waals surface area (Å²) in [5, 5.41) is 39.5. The first kappa shape index (κ1) is 45.6. The van der Waals surface area contributed by atoms with E-state index in [4.69, 9.17) is 28.4 Å². The molecule has 0 aromatic heterocycles. The van der Waals surface area contributed by atoms with Gasteiger partial charge in [0.05, 0.1) is 36.7 Å². The highest BCUT2D eigenvalue weighted by molar-refractivity contribution is 5.94. The minimum absolute atomic E-state index is 0.00534. The van der Waals surface area contributed by atoms with Crippen LogP contribution in [-0.2, 0) is 38.1 Å². The summed E-state index contributed by atoms with van der Waals surface area (Å²) in [6.45, 7) is 10.8. The van der Waals surface area contributed by atoms with E-state index >= 15 is 8.78 Å². The molecular weight excluding hydrogens is 804 g/mol. The van der Waals surface area contributed by atoms with Gasteiger partial charge in [-0.1, -0.05) is 44.2 Å². The van der Waals surface area contributed by atoms with Crippen molar-refractivity contribution in [2.24, 2.45) is 16.7 Å². The molecular formula is C44H53F2NO14. The van der Waals surface area contributed by atoms with E-state index in [1.807, 2.05) is 0 Å². The summed E-state index contributed by atoms with van der Waals surface area (Å²) in [7, 11) is 1.36. The van der Waals surface area contributed by atoms with Crippen LogP contribution in [0.25, 0.3) is 0 Å². The number of hydrogen-bond acceptors (Lipinski definition) is 14. The third kappa shape index (κ3) is 7.56. The topological polar surface area (TPSA) is 213 Å². The molecule has 1 amide bonds. The van der Waals surface area contributed by atoms with Gasteiger partial charge in [0.2, 0.25) is 0 Å². The van der Waals surface area contributed by atoms with Crippen LogP contribution in [0, 0.1) is 16.7 Å². The predicted octanol–water partition coefficient (Wildman–Crippen LogP) is 4.54. The molecule has 1 heterocycles. The average Bonchev–Trinajstić information content (AvgIpc) is 3.17. The Morgan fingerprint density at radius 1 is 0.967 bits per heavy atom. The van der Waals surface area contributed by atoms with Gasteiger partial charge in [-0.15, -0.1) is 0 Å². The van der Waals surface area contributed by atoms with Crippen LogP contribution in [0.5, 0.6) is 5.75 Å². The van der Waals surface area contributed by atoms with Crippen molar-refractivity contribution in [1.29, 1.82) is 0 Å². The minimum atomic E-state index is -4.55. The number of methoxy groups -OCH3 is 1. The SMILES string of the molecule is COc1ccc([C@@H](NC(=O)OC(C)(C)C)C(F)(F)C(=O)O[C@H]2C[C@@]3(O)[C@@H](OC(=O)c4ccccc4)[C@@H]4[C@]5(OC(C)=O)CO[C@@H]5C[C@H](O)[C@@]4(C)C(=O)[C@H](O)C(=C2C)C3(C)C)cc1. The summed E-state index contributed by atoms with van der Waals surface area (Å²) in [6, 6.07) is 10.3. The number of esters is 3. The van der Waals surface area contributed by atoms with Gasteiger partial charge in [0.25, 0.3) is 0 Å². The van der Waals surface area contributed by atoms with E-state index in [1.165, 1.54) is 92.0 Å². The number of ketones is 1. The fraction of sp³-hybridized carbons (Fsp3) is 0.568. The molecule has 0 spiro atoms. The van der Waals surface area contributed by atoms with E-state index in [2.05, 4.69) is 5.32 Å². The van der Waals surface area contributed by atoms with Gasteiger partial charge in [-0.05, 0) is 75.6 Å². The fourth-order valence-corrected chi connectivity index (χ4v) is 9.70. The number of aliphatic hydroxyl groups is 3. The number of carbonyl (C=O) groups excluding carboxylic acids is 5. The molecule has 0 unspecified atom stereocenters. The summed E-state index contributed by atoms with van der Waals surface area (Å²) < 4.78 is 67.5. The number of aliphatic hydroxyl groups excluding tert-OH is 2. The molecule has 61 heavy (non-hydrogen) atoms. The summed E-state index contributed by atoms with van der Waals surface area (Å²) in [4.78, 5) is 68.9. The van der Waals surface area contributed by atoms with Crippen molar-refractivity contribution in [3.05, 3.63) is 76.9 Å². The number of alkyl halides is 2. The molecule has 3 aliphatic carbocycles. The zero-order valence-corrected chi connectivity index (χ0v) is 35.4. The van der Waals surface area contributed by atoms with Crippen molar-refractivity contribution < 1.29 is 76.5 Å². The molecule has 4 N–H and O–H groups in total. The number of Topliss-reactive ketones (excluding diaryl/α,β-unsaturated/α-hetero) is 1. The van der Waals surface area contributed by atoms with Gasteiger partial charge < -0.3 is 49.1 Å². The van der Waals surface area contributed by atoms with Crippen molar-refractivity contribution >= 4 is 29.8 Å². The normalized spacial score (nSPS) is 32.3. The van der Waals surface area contributed by atoms with Crippen molar-refractivity contribution in [2.75, 3.05) is 13.7 Å². The maximum Gasteiger partial charge on any atom is 0.408 e. The maximum atomic E-state index is 16.8. The van der Waals surface area contributed by atoms with Gasteiger partial charge in [0.1, 0.15) is 47.4 Å². The lowest BCUT2D eigenvalue weighted by Crippen LogP contribution is -2.81. The van der Waals surface area contributed by atoms with Crippen LogP contribution in [0.1, 0.15) is 90.2 Å². The number of halogens is 2. The first-order chi connectivity index (χ1) is 28.3. The van der Waals surface area contributed by atoms with Gasteiger partial charge >= 0.3 is 29.9 Å². The van der Waals surface area contributed by atoms with Crippen LogP contribution >= 0.6 is 0 Å². The zero-order valence-electron chi connectivity index (χ0n) is 35.4. The van der Waals surface area contributed by atoms with Gasteiger partial charge in [-0.25, -0.2) is 14.4 Å². The highest BCUT2D eigenvalue weighted by atomic mass is 19.3. The first-order valence-electron chi connectivity index (χ1n) is 19.9. The second-order valence-electron chi connectivity index (χ2n) is 18.0. The Hall–Kier alpha value is -4.97.